The number of hydrogen-bond acceptors (Lipinski definition) is 5. The van der Waals surface area contributed by atoms with Gasteiger partial charge >= 0.3 is 0 Å². The van der Waals surface area contributed by atoms with E-state index >= 15 is 0 Å². The van der Waals surface area contributed by atoms with Gasteiger partial charge in [-0.1, -0.05) is 30.0 Å². The van der Waals surface area contributed by atoms with E-state index in [0.29, 0.717) is 16.7 Å². The first kappa shape index (κ1) is 13.0. The minimum atomic E-state index is -0.622. The van der Waals surface area contributed by atoms with Gasteiger partial charge in [0, 0.05) is 17.0 Å². The van der Waals surface area contributed by atoms with Crippen molar-refractivity contribution < 1.29 is 9.52 Å². The highest BCUT2D eigenvalue weighted by atomic mass is 32.2. The van der Waals surface area contributed by atoms with E-state index in [1.807, 2.05) is 32.0 Å². The number of rotatable bonds is 4. The van der Waals surface area contributed by atoms with E-state index in [9.17, 15) is 5.11 Å². The smallest absolute Gasteiger partial charge is 0.256 e. The number of oxazole rings is 1. The van der Waals surface area contributed by atoms with Crippen molar-refractivity contribution in [3.63, 3.8) is 0 Å². The summed E-state index contributed by atoms with van der Waals surface area (Å²) in [5.74, 6) is 1.28. The minimum Gasteiger partial charge on any atom is -0.437 e. The molecular formula is C13H16N2O2S. The average molecular weight is 264 g/mol. The molecule has 1 aromatic carbocycles. The van der Waals surface area contributed by atoms with Crippen LogP contribution in [0.1, 0.15) is 23.1 Å². The molecule has 0 saturated carbocycles. The van der Waals surface area contributed by atoms with Crippen LogP contribution in [0.4, 0.5) is 5.69 Å². The van der Waals surface area contributed by atoms with E-state index in [1.165, 1.54) is 11.8 Å². The first-order chi connectivity index (χ1) is 8.58. The van der Waals surface area contributed by atoms with Gasteiger partial charge in [-0.3, -0.25) is 0 Å². The number of nitrogen functional groups attached to an aromatic ring is 1. The van der Waals surface area contributed by atoms with Gasteiger partial charge in [-0.05, 0) is 19.9 Å². The second-order valence-corrected chi connectivity index (χ2v) is 5.05. The first-order valence-corrected chi connectivity index (χ1v) is 6.66. The number of aromatic nitrogens is 1. The molecule has 3 N–H and O–H groups in total. The van der Waals surface area contributed by atoms with Crippen LogP contribution in [0.5, 0.6) is 0 Å². The molecule has 1 aromatic heterocycles. The standard InChI is InChI=1S/C13H16N2O2S/c1-8-9(2)17-13(15-8)18-7-12(16)10-5-3-4-6-11(10)14/h3-6,12,16H,7,14H2,1-2H3. The summed E-state index contributed by atoms with van der Waals surface area (Å²) in [4.78, 5) is 4.25. The van der Waals surface area contributed by atoms with Crippen LogP contribution in [-0.2, 0) is 0 Å². The summed E-state index contributed by atoms with van der Waals surface area (Å²) in [6, 6.07) is 7.31. The average Bonchev–Trinajstić information content (AvgIpc) is 2.66. The van der Waals surface area contributed by atoms with Crippen molar-refractivity contribution in [1.29, 1.82) is 0 Å². The third-order valence-electron chi connectivity index (χ3n) is 2.73. The van der Waals surface area contributed by atoms with Gasteiger partial charge in [0.25, 0.3) is 5.22 Å². The highest BCUT2D eigenvalue weighted by Gasteiger charge is 2.13. The predicted octanol–water partition coefficient (Wildman–Crippen LogP) is 2.70. The number of aryl methyl sites for hydroxylation is 2. The molecule has 0 aliphatic carbocycles. The van der Waals surface area contributed by atoms with Crippen LogP contribution in [-0.4, -0.2) is 15.8 Å². The second kappa shape index (κ2) is 5.46. The molecule has 0 spiro atoms. The molecule has 2 rings (SSSR count). The van der Waals surface area contributed by atoms with Crippen molar-refractivity contribution in [3.8, 4) is 0 Å². The number of aliphatic hydroxyl groups is 1. The maximum Gasteiger partial charge on any atom is 0.256 e. The monoisotopic (exact) mass is 264 g/mol. The minimum absolute atomic E-state index is 0.466. The second-order valence-electron chi connectivity index (χ2n) is 4.08. The van der Waals surface area contributed by atoms with E-state index in [2.05, 4.69) is 4.98 Å². The largest absolute Gasteiger partial charge is 0.437 e. The van der Waals surface area contributed by atoms with Crippen molar-refractivity contribution in [2.45, 2.75) is 25.2 Å². The third-order valence-corrected chi connectivity index (χ3v) is 3.63. The fourth-order valence-electron chi connectivity index (χ4n) is 1.56. The quantitative estimate of drug-likeness (QED) is 0.656. The molecular weight excluding hydrogens is 248 g/mol. The number of para-hydroxylation sites is 1. The van der Waals surface area contributed by atoms with Crippen LogP contribution < -0.4 is 5.73 Å². The summed E-state index contributed by atoms with van der Waals surface area (Å²) in [7, 11) is 0. The molecule has 0 aliphatic heterocycles. The zero-order valence-corrected chi connectivity index (χ0v) is 11.2. The normalized spacial score (nSPS) is 12.6. The molecule has 96 valence electrons. The molecule has 18 heavy (non-hydrogen) atoms. The number of hydrogen-bond donors (Lipinski definition) is 2. The fourth-order valence-corrected chi connectivity index (χ4v) is 2.42. The zero-order chi connectivity index (χ0) is 13.1. The Labute approximate surface area is 110 Å². The molecule has 1 unspecified atom stereocenters. The van der Waals surface area contributed by atoms with Gasteiger partial charge < -0.3 is 15.3 Å². The number of nitrogens with zero attached hydrogens (tertiary/aromatic N) is 1. The lowest BCUT2D eigenvalue weighted by Crippen LogP contribution is -2.04. The molecule has 0 fully saturated rings. The van der Waals surface area contributed by atoms with Crippen molar-refractivity contribution >= 4 is 17.4 Å². The van der Waals surface area contributed by atoms with Crippen LogP contribution >= 0.6 is 11.8 Å². The number of thioether (sulfide) groups is 1. The molecule has 5 heteroatoms. The highest BCUT2D eigenvalue weighted by Crippen LogP contribution is 2.27. The van der Waals surface area contributed by atoms with Crippen LogP contribution in [0.15, 0.2) is 33.9 Å². The third kappa shape index (κ3) is 2.86. The summed E-state index contributed by atoms with van der Waals surface area (Å²) in [5, 5.41) is 10.7. The number of benzene rings is 1. The summed E-state index contributed by atoms with van der Waals surface area (Å²) < 4.78 is 5.44. The molecule has 1 heterocycles. The summed E-state index contributed by atoms with van der Waals surface area (Å²) >= 11 is 1.38. The van der Waals surface area contributed by atoms with E-state index in [0.717, 1.165) is 17.0 Å². The van der Waals surface area contributed by atoms with Crippen molar-refractivity contribution in [3.05, 3.63) is 41.3 Å². The zero-order valence-electron chi connectivity index (χ0n) is 10.4. The number of anilines is 1. The molecule has 0 saturated heterocycles. The lowest BCUT2D eigenvalue weighted by molar-refractivity contribution is 0.204. The number of aliphatic hydroxyl groups excluding tert-OH is 1. The Morgan fingerprint density at radius 2 is 2.11 bits per heavy atom. The molecule has 0 bridgehead atoms. The van der Waals surface area contributed by atoms with Crippen molar-refractivity contribution in [2.75, 3.05) is 11.5 Å². The summed E-state index contributed by atoms with van der Waals surface area (Å²) in [6.07, 6.45) is -0.622. The van der Waals surface area contributed by atoms with Crippen molar-refractivity contribution in [1.82, 2.24) is 4.98 Å². The van der Waals surface area contributed by atoms with Crippen LogP contribution in [0.2, 0.25) is 0 Å². The van der Waals surface area contributed by atoms with Gasteiger partial charge in [0.2, 0.25) is 0 Å². The molecule has 0 aliphatic rings. The Morgan fingerprint density at radius 3 is 2.72 bits per heavy atom. The van der Waals surface area contributed by atoms with Crippen LogP contribution in [0.25, 0.3) is 0 Å². The van der Waals surface area contributed by atoms with Gasteiger partial charge in [-0.2, -0.15) is 0 Å². The van der Waals surface area contributed by atoms with E-state index in [-0.39, 0.29) is 0 Å². The Morgan fingerprint density at radius 1 is 1.39 bits per heavy atom. The lowest BCUT2D eigenvalue weighted by atomic mass is 10.1. The molecule has 4 nitrogen and oxygen atoms in total. The fraction of sp³-hybridized carbons (Fsp3) is 0.308. The molecule has 2 aromatic rings. The van der Waals surface area contributed by atoms with E-state index in [1.54, 1.807) is 6.07 Å². The Balaban J connectivity index is 2.00. The highest BCUT2D eigenvalue weighted by molar-refractivity contribution is 7.99. The van der Waals surface area contributed by atoms with Gasteiger partial charge in [-0.25, -0.2) is 4.98 Å². The molecule has 0 radical (unpaired) electrons. The lowest BCUT2D eigenvalue weighted by Gasteiger charge is -2.11. The predicted molar refractivity (Wildman–Crippen MR) is 72.5 cm³/mol. The summed E-state index contributed by atoms with van der Waals surface area (Å²) in [5.41, 5.74) is 8.03. The summed E-state index contributed by atoms with van der Waals surface area (Å²) in [6.45, 7) is 3.77. The van der Waals surface area contributed by atoms with Crippen LogP contribution in [0.3, 0.4) is 0 Å². The van der Waals surface area contributed by atoms with Crippen molar-refractivity contribution in [2.24, 2.45) is 0 Å². The Kier molecular flexibility index (Phi) is 3.93. The van der Waals surface area contributed by atoms with E-state index < -0.39 is 6.10 Å². The van der Waals surface area contributed by atoms with Crippen LogP contribution in [0, 0.1) is 13.8 Å². The van der Waals surface area contributed by atoms with Gasteiger partial charge in [0.15, 0.2) is 0 Å². The maximum atomic E-state index is 10.1. The molecule has 1 atom stereocenters. The Hall–Kier alpha value is -1.46. The number of nitrogens with two attached hydrogens (primary N) is 1. The maximum absolute atomic E-state index is 10.1. The Bertz CT molecular complexity index is 520. The molecule has 0 amide bonds. The topological polar surface area (TPSA) is 72.3 Å². The van der Waals surface area contributed by atoms with E-state index in [4.69, 9.17) is 10.2 Å². The van der Waals surface area contributed by atoms with Gasteiger partial charge in [-0.15, -0.1) is 0 Å². The SMILES string of the molecule is Cc1nc(SCC(O)c2ccccc2N)oc1C. The van der Waals surface area contributed by atoms with Gasteiger partial charge in [0.1, 0.15) is 5.76 Å². The first-order valence-electron chi connectivity index (χ1n) is 5.67. The van der Waals surface area contributed by atoms with Gasteiger partial charge in [0.05, 0.1) is 11.8 Å².